The first kappa shape index (κ1) is 14.4. The van der Waals surface area contributed by atoms with Crippen molar-refractivity contribution in [2.75, 3.05) is 7.11 Å². The highest BCUT2D eigenvalue weighted by Crippen LogP contribution is 2.37. The van der Waals surface area contributed by atoms with Crippen LogP contribution in [-0.4, -0.2) is 13.2 Å². The van der Waals surface area contributed by atoms with Crippen LogP contribution in [0, 0.1) is 0 Å². The average molecular weight is 277 g/mol. The summed E-state index contributed by atoms with van der Waals surface area (Å²) in [6.45, 7) is 9.85. The summed E-state index contributed by atoms with van der Waals surface area (Å²) in [6, 6.07) is 6.89. The van der Waals surface area contributed by atoms with E-state index in [1.807, 2.05) is 17.4 Å². The number of benzene rings is 1. The Morgan fingerprint density at radius 3 is 2.53 bits per heavy atom. The number of methoxy groups -OCH3 is 1. The largest absolute Gasteiger partial charge is 0.497 e. The molecule has 1 aromatic heterocycles. The lowest BCUT2D eigenvalue weighted by Crippen LogP contribution is -2.21. The fraction of sp³-hybridized carbons (Fsp3) is 0.500. The number of nitrogens with one attached hydrogen (secondary N) is 1. The number of thiophene rings is 1. The molecule has 0 amide bonds. The Balaban J connectivity index is 2.48. The van der Waals surface area contributed by atoms with E-state index in [2.05, 4.69) is 45.1 Å². The second-order valence-corrected chi connectivity index (χ2v) is 6.63. The van der Waals surface area contributed by atoms with Crippen molar-refractivity contribution in [3.63, 3.8) is 0 Å². The highest BCUT2D eigenvalue weighted by molar-refractivity contribution is 7.19. The van der Waals surface area contributed by atoms with Crippen LogP contribution >= 0.6 is 11.3 Å². The lowest BCUT2D eigenvalue weighted by atomic mass is 9.99. The van der Waals surface area contributed by atoms with Crippen molar-refractivity contribution in [1.82, 2.24) is 5.32 Å². The van der Waals surface area contributed by atoms with E-state index in [-0.39, 0.29) is 0 Å². The highest BCUT2D eigenvalue weighted by atomic mass is 32.1. The van der Waals surface area contributed by atoms with Crippen LogP contribution in [0.15, 0.2) is 18.2 Å². The van der Waals surface area contributed by atoms with Gasteiger partial charge in [0.05, 0.1) is 7.11 Å². The molecule has 2 aromatic rings. The van der Waals surface area contributed by atoms with Crippen molar-refractivity contribution in [3.05, 3.63) is 28.6 Å². The minimum atomic E-state index is 0.514. The molecule has 0 spiro atoms. The van der Waals surface area contributed by atoms with E-state index in [4.69, 9.17) is 4.74 Å². The van der Waals surface area contributed by atoms with Crippen molar-refractivity contribution >= 4 is 21.4 Å². The molecule has 104 valence electrons. The zero-order chi connectivity index (χ0) is 14.0. The molecule has 0 aliphatic carbocycles. The molecular formula is C16H23NOS. The molecule has 0 aliphatic rings. The summed E-state index contributed by atoms with van der Waals surface area (Å²) in [5.41, 5.74) is 1.46. The Morgan fingerprint density at radius 1 is 1.21 bits per heavy atom. The SMILES string of the molecule is COc1ccc2sc(CNC(C)C)c(C(C)C)c2c1. The van der Waals surface area contributed by atoms with Gasteiger partial charge in [0.1, 0.15) is 5.75 Å². The second kappa shape index (κ2) is 5.93. The molecule has 0 bridgehead atoms. The first-order valence-corrected chi connectivity index (χ1v) is 7.67. The number of fused-ring (bicyclic) bond motifs is 1. The maximum atomic E-state index is 5.35. The first-order valence-electron chi connectivity index (χ1n) is 6.85. The van der Waals surface area contributed by atoms with Gasteiger partial charge in [-0.3, -0.25) is 0 Å². The predicted molar refractivity (Wildman–Crippen MR) is 84.4 cm³/mol. The van der Waals surface area contributed by atoms with Gasteiger partial charge in [-0.15, -0.1) is 11.3 Å². The zero-order valence-electron chi connectivity index (χ0n) is 12.4. The van der Waals surface area contributed by atoms with E-state index in [1.54, 1.807) is 7.11 Å². The molecule has 1 heterocycles. The van der Waals surface area contributed by atoms with Gasteiger partial charge in [0.15, 0.2) is 0 Å². The Morgan fingerprint density at radius 2 is 1.95 bits per heavy atom. The molecule has 0 aliphatic heterocycles. The van der Waals surface area contributed by atoms with Crippen molar-refractivity contribution in [3.8, 4) is 5.75 Å². The fourth-order valence-corrected chi connectivity index (χ4v) is 3.63. The van der Waals surface area contributed by atoms with Crippen LogP contribution in [0.25, 0.3) is 10.1 Å². The standard InChI is InChI=1S/C16H23NOS/c1-10(2)16-13-8-12(18-5)6-7-14(13)19-15(16)9-17-11(3)4/h6-8,10-11,17H,9H2,1-5H3. The van der Waals surface area contributed by atoms with Crippen molar-refractivity contribution in [2.45, 2.75) is 46.2 Å². The monoisotopic (exact) mass is 277 g/mol. The second-order valence-electron chi connectivity index (χ2n) is 5.49. The number of rotatable bonds is 5. The molecule has 19 heavy (non-hydrogen) atoms. The topological polar surface area (TPSA) is 21.3 Å². The quantitative estimate of drug-likeness (QED) is 0.867. The predicted octanol–water partition coefficient (Wildman–Crippen LogP) is 4.53. The minimum Gasteiger partial charge on any atom is -0.497 e. The van der Waals surface area contributed by atoms with Crippen LogP contribution in [0.4, 0.5) is 0 Å². The average Bonchev–Trinajstić information content (AvgIpc) is 2.73. The van der Waals surface area contributed by atoms with E-state index in [0.717, 1.165) is 12.3 Å². The third-order valence-corrected chi connectivity index (χ3v) is 4.45. The van der Waals surface area contributed by atoms with Crippen LogP contribution in [0.2, 0.25) is 0 Å². The van der Waals surface area contributed by atoms with Gasteiger partial charge in [-0.05, 0) is 35.1 Å². The van der Waals surface area contributed by atoms with E-state index in [0.29, 0.717) is 12.0 Å². The molecule has 0 unspecified atom stereocenters. The Kier molecular flexibility index (Phi) is 4.48. The maximum Gasteiger partial charge on any atom is 0.119 e. The lowest BCUT2D eigenvalue weighted by Gasteiger charge is -2.11. The Hall–Kier alpha value is -1.06. The molecule has 2 rings (SSSR count). The minimum absolute atomic E-state index is 0.514. The molecular weight excluding hydrogens is 254 g/mol. The van der Waals surface area contributed by atoms with Gasteiger partial charge >= 0.3 is 0 Å². The molecule has 3 heteroatoms. The summed E-state index contributed by atoms with van der Waals surface area (Å²) < 4.78 is 6.71. The number of ether oxygens (including phenoxy) is 1. The number of hydrogen-bond acceptors (Lipinski definition) is 3. The van der Waals surface area contributed by atoms with Crippen molar-refractivity contribution in [1.29, 1.82) is 0 Å². The summed E-state index contributed by atoms with van der Waals surface area (Å²) >= 11 is 1.90. The molecule has 2 nitrogen and oxygen atoms in total. The van der Waals surface area contributed by atoms with Gasteiger partial charge in [-0.2, -0.15) is 0 Å². The van der Waals surface area contributed by atoms with Gasteiger partial charge in [-0.25, -0.2) is 0 Å². The van der Waals surface area contributed by atoms with Crippen molar-refractivity contribution in [2.24, 2.45) is 0 Å². The van der Waals surface area contributed by atoms with Crippen LogP contribution in [0.1, 0.15) is 44.1 Å². The van der Waals surface area contributed by atoms with E-state index in [9.17, 15) is 0 Å². The van der Waals surface area contributed by atoms with Crippen LogP contribution in [0.5, 0.6) is 5.75 Å². The maximum absolute atomic E-state index is 5.35. The van der Waals surface area contributed by atoms with Gasteiger partial charge < -0.3 is 10.1 Å². The summed E-state index contributed by atoms with van der Waals surface area (Å²) in [5, 5.41) is 4.87. The molecule has 1 N–H and O–H groups in total. The zero-order valence-corrected chi connectivity index (χ0v) is 13.2. The summed E-state index contributed by atoms with van der Waals surface area (Å²) in [7, 11) is 1.73. The first-order chi connectivity index (χ1) is 9.02. The Bertz CT molecular complexity index is 557. The molecule has 0 fully saturated rings. The molecule has 0 radical (unpaired) electrons. The van der Waals surface area contributed by atoms with Gasteiger partial charge in [0.2, 0.25) is 0 Å². The highest BCUT2D eigenvalue weighted by Gasteiger charge is 2.15. The normalized spacial score (nSPS) is 11.7. The van der Waals surface area contributed by atoms with Crippen LogP contribution in [-0.2, 0) is 6.54 Å². The third-order valence-electron chi connectivity index (χ3n) is 3.26. The van der Waals surface area contributed by atoms with E-state index < -0.39 is 0 Å². The fourth-order valence-electron chi connectivity index (χ4n) is 2.33. The van der Waals surface area contributed by atoms with E-state index in [1.165, 1.54) is 20.5 Å². The smallest absolute Gasteiger partial charge is 0.119 e. The summed E-state index contributed by atoms with van der Waals surface area (Å²) in [5.74, 6) is 1.47. The Labute approximate surface area is 119 Å². The van der Waals surface area contributed by atoms with Crippen molar-refractivity contribution < 1.29 is 4.74 Å². The molecule has 0 atom stereocenters. The van der Waals surface area contributed by atoms with Gasteiger partial charge in [-0.1, -0.05) is 27.7 Å². The molecule has 1 aromatic carbocycles. The molecule has 0 saturated carbocycles. The number of hydrogen-bond donors (Lipinski definition) is 1. The molecule has 0 saturated heterocycles. The van der Waals surface area contributed by atoms with Gasteiger partial charge in [0.25, 0.3) is 0 Å². The van der Waals surface area contributed by atoms with E-state index >= 15 is 0 Å². The van der Waals surface area contributed by atoms with Gasteiger partial charge in [0, 0.05) is 22.2 Å². The summed E-state index contributed by atoms with van der Waals surface area (Å²) in [6.07, 6.45) is 0. The third kappa shape index (κ3) is 3.10. The van der Waals surface area contributed by atoms with Crippen LogP contribution in [0.3, 0.4) is 0 Å². The lowest BCUT2D eigenvalue weighted by molar-refractivity contribution is 0.415. The summed E-state index contributed by atoms with van der Waals surface area (Å²) in [4.78, 5) is 1.45. The van der Waals surface area contributed by atoms with Crippen LogP contribution < -0.4 is 10.1 Å².